The molecule has 0 radical (unpaired) electrons. The highest BCUT2D eigenvalue weighted by molar-refractivity contribution is 6.42. The van der Waals surface area contributed by atoms with Crippen LogP contribution in [0.25, 0.3) is 11.1 Å². The Kier molecular flexibility index (Phi) is 4.72. The van der Waals surface area contributed by atoms with Crippen LogP contribution < -0.4 is 5.73 Å². The van der Waals surface area contributed by atoms with E-state index in [2.05, 4.69) is 17.1 Å². The Morgan fingerprint density at radius 3 is 2.68 bits per heavy atom. The minimum absolute atomic E-state index is 0.505. The molecule has 0 saturated carbocycles. The average molecular weight is 298 g/mol. The number of aryl methyl sites for hydroxylation is 1. The second-order valence-electron chi connectivity index (χ2n) is 4.55. The van der Waals surface area contributed by atoms with E-state index in [4.69, 9.17) is 28.9 Å². The summed E-state index contributed by atoms with van der Waals surface area (Å²) < 4.78 is 0. The van der Waals surface area contributed by atoms with Gasteiger partial charge in [-0.05, 0) is 30.5 Å². The van der Waals surface area contributed by atoms with Gasteiger partial charge in [0.25, 0.3) is 0 Å². The van der Waals surface area contributed by atoms with Crippen molar-refractivity contribution in [3.05, 3.63) is 33.9 Å². The summed E-state index contributed by atoms with van der Waals surface area (Å²) in [6.07, 6.45) is 4.44. The first-order valence-corrected chi connectivity index (χ1v) is 7.17. The number of aromatic nitrogens is 2. The molecule has 0 unspecified atom stereocenters. The van der Waals surface area contributed by atoms with E-state index in [1.807, 2.05) is 12.1 Å². The highest BCUT2D eigenvalue weighted by Gasteiger charge is 2.13. The summed E-state index contributed by atoms with van der Waals surface area (Å²) in [4.78, 5) is 0. The number of benzene rings is 1. The summed E-state index contributed by atoms with van der Waals surface area (Å²) in [5.74, 6) is 0.505. The SMILES string of the molecule is CCCCCc1[nH]nc(N)c1-c1ccc(Cl)c(Cl)c1. The fraction of sp³-hybridized carbons (Fsp3) is 0.357. The molecule has 2 rings (SSSR count). The number of halogens is 2. The summed E-state index contributed by atoms with van der Waals surface area (Å²) in [6, 6.07) is 5.52. The van der Waals surface area contributed by atoms with E-state index < -0.39 is 0 Å². The summed E-state index contributed by atoms with van der Waals surface area (Å²) in [5.41, 5.74) is 8.90. The van der Waals surface area contributed by atoms with E-state index in [1.165, 1.54) is 12.8 Å². The maximum Gasteiger partial charge on any atom is 0.153 e. The molecule has 5 heteroatoms. The van der Waals surface area contributed by atoms with Crippen molar-refractivity contribution in [2.45, 2.75) is 32.6 Å². The lowest BCUT2D eigenvalue weighted by molar-refractivity contribution is 0.706. The van der Waals surface area contributed by atoms with Gasteiger partial charge in [0, 0.05) is 11.3 Å². The van der Waals surface area contributed by atoms with Crippen molar-refractivity contribution < 1.29 is 0 Å². The van der Waals surface area contributed by atoms with Gasteiger partial charge >= 0.3 is 0 Å². The molecule has 0 bridgehead atoms. The van der Waals surface area contributed by atoms with Crippen LogP contribution in [0.15, 0.2) is 18.2 Å². The molecule has 1 heterocycles. The van der Waals surface area contributed by atoms with Crippen molar-refractivity contribution in [2.24, 2.45) is 0 Å². The Morgan fingerprint density at radius 2 is 2.00 bits per heavy atom. The molecule has 0 saturated heterocycles. The van der Waals surface area contributed by atoms with Gasteiger partial charge in [0.15, 0.2) is 5.82 Å². The molecule has 1 aromatic carbocycles. The fourth-order valence-corrected chi connectivity index (χ4v) is 2.40. The first-order valence-electron chi connectivity index (χ1n) is 6.41. The molecule has 102 valence electrons. The summed E-state index contributed by atoms with van der Waals surface area (Å²) in [7, 11) is 0. The van der Waals surface area contributed by atoms with Gasteiger partial charge in [0.05, 0.1) is 10.0 Å². The van der Waals surface area contributed by atoms with Crippen molar-refractivity contribution in [2.75, 3.05) is 5.73 Å². The van der Waals surface area contributed by atoms with E-state index in [9.17, 15) is 0 Å². The second kappa shape index (κ2) is 6.31. The maximum absolute atomic E-state index is 6.06. The highest BCUT2D eigenvalue weighted by Crippen LogP contribution is 2.33. The lowest BCUT2D eigenvalue weighted by Crippen LogP contribution is -1.92. The van der Waals surface area contributed by atoms with Crippen molar-refractivity contribution in [1.82, 2.24) is 10.2 Å². The average Bonchev–Trinajstić information content (AvgIpc) is 2.75. The molecular formula is C14H17Cl2N3. The topological polar surface area (TPSA) is 54.7 Å². The molecule has 3 nitrogen and oxygen atoms in total. The standard InChI is InChI=1S/C14H17Cl2N3/c1-2-3-4-5-12-13(14(17)19-18-12)9-6-7-10(15)11(16)8-9/h6-8H,2-5H2,1H3,(H3,17,18,19). The van der Waals surface area contributed by atoms with Gasteiger partial charge in [0.2, 0.25) is 0 Å². The Bertz CT molecular complexity index is 564. The zero-order valence-electron chi connectivity index (χ0n) is 10.8. The van der Waals surface area contributed by atoms with Crippen LogP contribution in [0, 0.1) is 0 Å². The van der Waals surface area contributed by atoms with Crippen LogP contribution in [0.1, 0.15) is 31.9 Å². The zero-order chi connectivity index (χ0) is 13.8. The van der Waals surface area contributed by atoms with Crippen molar-refractivity contribution in [1.29, 1.82) is 0 Å². The smallest absolute Gasteiger partial charge is 0.153 e. The molecule has 0 aliphatic heterocycles. The van der Waals surface area contributed by atoms with Gasteiger partial charge in [-0.3, -0.25) is 5.10 Å². The Morgan fingerprint density at radius 1 is 1.21 bits per heavy atom. The van der Waals surface area contributed by atoms with Crippen LogP contribution in [-0.4, -0.2) is 10.2 Å². The van der Waals surface area contributed by atoms with E-state index in [-0.39, 0.29) is 0 Å². The summed E-state index contributed by atoms with van der Waals surface area (Å²) in [6.45, 7) is 2.18. The second-order valence-corrected chi connectivity index (χ2v) is 5.36. The minimum atomic E-state index is 0.505. The van der Waals surface area contributed by atoms with Crippen LogP contribution in [0.5, 0.6) is 0 Å². The number of unbranched alkanes of at least 4 members (excludes halogenated alkanes) is 2. The molecule has 0 aliphatic carbocycles. The number of aromatic amines is 1. The van der Waals surface area contributed by atoms with Crippen LogP contribution in [-0.2, 0) is 6.42 Å². The number of hydrogen-bond acceptors (Lipinski definition) is 2. The fourth-order valence-electron chi connectivity index (χ4n) is 2.10. The van der Waals surface area contributed by atoms with E-state index in [0.717, 1.165) is 29.7 Å². The molecule has 0 fully saturated rings. The largest absolute Gasteiger partial charge is 0.382 e. The first-order chi connectivity index (χ1) is 9.13. The van der Waals surface area contributed by atoms with Crippen LogP contribution >= 0.6 is 23.2 Å². The third-order valence-electron chi connectivity index (χ3n) is 3.11. The first kappa shape index (κ1) is 14.2. The Labute approximate surface area is 123 Å². The number of nitrogens with two attached hydrogens (primary N) is 1. The third kappa shape index (κ3) is 3.23. The van der Waals surface area contributed by atoms with Gasteiger partial charge in [-0.15, -0.1) is 0 Å². The number of rotatable bonds is 5. The normalized spacial score (nSPS) is 10.9. The lowest BCUT2D eigenvalue weighted by atomic mass is 10.0. The Balaban J connectivity index is 2.32. The molecule has 0 aliphatic rings. The van der Waals surface area contributed by atoms with Gasteiger partial charge in [-0.2, -0.15) is 5.10 Å². The van der Waals surface area contributed by atoms with Crippen LogP contribution in [0.4, 0.5) is 5.82 Å². The van der Waals surface area contributed by atoms with Crippen molar-refractivity contribution in [3.63, 3.8) is 0 Å². The number of nitrogen functional groups attached to an aromatic ring is 1. The number of hydrogen-bond donors (Lipinski definition) is 2. The highest BCUT2D eigenvalue weighted by atomic mass is 35.5. The molecular weight excluding hydrogens is 281 g/mol. The predicted octanol–water partition coefficient (Wildman–Crippen LogP) is 4.70. The van der Waals surface area contributed by atoms with Crippen molar-refractivity contribution in [3.8, 4) is 11.1 Å². The van der Waals surface area contributed by atoms with Crippen LogP contribution in [0.2, 0.25) is 10.0 Å². The molecule has 0 amide bonds. The van der Waals surface area contributed by atoms with E-state index in [0.29, 0.717) is 15.9 Å². The Hall–Kier alpha value is -1.19. The zero-order valence-corrected chi connectivity index (χ0v) is 12.4. The number of anilines is 1. The van der Waals surface area contributed by atoms with Crippen molar-refractivity contribution >= 4 is 29.0 Å². The molecule has 19 heavy (non-hydrogen) atoms. The van der Waals surface area contributed by atoms with Gasteiger partial charge < -0.3 is 5.73 Å². The van der Waals surface area contributed by atoms with Gasteiger partial charge in [0.1, 0.15) is 0 Å². The molecule has 3 N–H and O–H groups in total. The van der Waals surface area contributed by atoms with E-state index in [1.54, 1.807) is 6.07 Å². The predicted molar refractivity (Wildman–Crippen MR) is 81.7 cm³/mol. The lowest BCUT2D eigenvalue weighted by Gasteiger charge is -2.06. The van der Waals surface area contributed by atoms with E-state index >= 15 is 0 Å². The molecule has 2 aromatic rings. The quantitative estimate of drug-likeness (QED) is 0.786. The number of nitrogens with one attached hydrogen (secondary N) is 1. The number of H-pyrrole nitrogens is 1. The monoisotopic (exact) mass is 297 g/mol. The summed E-state index contributed by atoms with van der Waals surface area (Å²) in [5, 5.41) is 8.18. The minimum Gasteiger partial charge on any atom is -0.382 e. The number of nitrogens with zero attached hydrogens (tertiary/aromatic N) is 1. The van der Waals surface area contributed by atoms with Crippen LogP contribution in [0.3, 0.4) is 0 Å². The van der Waals surface area contributed by atoms with Gasteiger partial charge in [-0.25, -0.2) is 0 Å². The molecule has 1 aromatic heterocycles. The molecule has 0 atom stereocenters. The van der Waals surface area contributed by atoms with Gasteiger partial charge in [-0.1, -0.05) is 49.0 Å². The third-order valence-corrected chi connectivity index (χ3v) is 3.85. The summed E-state index contributed by atoms with van der Waals surface area (Å²) >= 11 is 12.0. The maximum atomic E-state index is 6.06. The molecule has 0 spiro atoms.